The molecule has 0 atom stereocenters. The first-order chi connectivity index (χ1) is 22.3. The van der Waals surface area contributed by atoms with Crippen LogP contribution in [0, 0.1) is 0 Å². The monoisotopic (exact) mass is 695 g/mol. The molecule has 3 aromatic rings. The number of aliphatic carboxylic acids is 1. The third-order valence-corrected chi connectivity index (χ3v) is 6.67. The number of carboxylic acids is 1. The Morgan fingerprint density at radius 3 is 1.92 bits per heavy atom. The van der Waals surface area contributed by atoms with E-state index in [1.807, 2.05) is 0 Å². The van der Waals surface area contributed by atoms with Crippen LogP contribution in [0.5, 0.6) is 5.75 Å². The van der Waals surface area contributed by atoms with Crippen molar-refractivity contribution < 1.29 is 58.9 Å². The van der Waals surface area contributed by atoms with Crippen LogP contribution in [0.2, 0.25) is 0 Å². The van der Waals surface area contributed by atoms with Crippen LogP contribution in [0.25, 0.3) is 0 Å². The molecule has 0 radical (unpaired) electrons. The van der Waals surface area contributed by atoms with E-state index in [9.17, 15) is 49.1 Å². The van der Waals surface area contributed by atoms with Gasteiger partial charge in [0.15, 0.2) is 5.75 Å². The van der Waals surface area contributed by atoms with Gasteiger partial charge in [0.1, 0.15) is 0 Å². The molecule has 2 amide bonds. The number of carbonyl (C=O) groups is 2. The van der Waals surface area contributed by atoms with Crippen molar-refractivity contribution in [3.05, 3.63) is 76.6 Å². The molecule has 0 spiro atoms. The number of hydrogen-bond donors (Lipinski definition) is 2. The van der Waals surface area contributed by atoms with Gasteiger partial charge in [-0.3, -0.25) is 9.69 Å². The molecule has 1 heterocycles. The summed E-state index contributed by atoms with van der Waals surface area (Å²) in [4.78, 5) is 33.8. The Morgan fingerprint density at radius 1 is 0.833 bits per heavy atom. The van der Waals surface area contributed by atoms with Crippen LogP contribution in [0.4, 0.5) is 55.9 Å². The number of anilines is 2. The zero-order valence-electron chi connectivity index (χ0n) is 25.4. The van der Waals surface area contributed by atoms with Gasteiger partial charge in [0, 0.05) is 32.6 Å². The first kappa shape index (κ1) is 37.7. The molecule has 0 unspecified atom stereocenters. The Balaban J connectivity index is 2.15. The summed E-state index contributed by atoms with van der Waals surface area (Å²) in [7, 11) is 0. The van der Waals surface area contributed by atoms with E-state index in [0.717, 1.165) is 40.4 Å². The molecule has 1 aromatic heterocycles. The van der Waals surface area contributed by atoms with E-state index in [2.05, 4.69) is 15.3 Å². The Morgan fingerprint density at radius 2 is 1.42 bits per heavy atom. The van der Waals surface area contributed by atoms with Gasteiger partial charge in [0.05, 0.1) is 41.4 Å². The van der Waals surface area contributed by atoms with Crippen molar-refractivity contribution in [3.63, 3.8) is 0 Å². The van der Waals surface area contributed by atoms with Crippen LogP contribution in [0.15, 0.2) is 48.8 Å². The van der Waals surface area contributed by atoms with Gasteiger partial charge in [-0.2, -0.15) is 39.5 Å². The molecule has 0 bridgehead atoms. The molecule has 262 valence electrons. The molecular formula is C30H30F9N5O4. The highest BCUT2D eigenvalue weighted by Crippen LogP contribution is 2.38. The van der Waals surface area contributed by atoms with Gasteiger partial charge in [-0.05, 0) is 67.8 Å². The van der Waals surface area contributed by atoms with Crippen LogP contribution in [0.3, 0.4) is 0 Å². The SMILES string of the molecule is CCNC(=O)N(CC)c1ccc(C(F)(F)F)cc1CN(Cc1cc(C(F)(F)F)cc(C(F)(F)F)c1)c1ncc(OCCCC(=O)O)cn1. The van der Waals surface area contributed by atoms with Crippen molar-refractivity contribution in [2.45, 2.75) is 58.3 Å². The van der Waals surface area contributed by atoms with Gasteiger partial charge >= 0.3 is 30.5 Å². The lowest BCUT2D eigenvalue weighted by atomic mass is 10.0. The van der Waals surface area contributed by atoms with E-state index in [-0.39, 0.29) is 61.6 Å². The van der Waals surface area contributed by atoms with Crippen LogP contribution in [-0.4, -0.2) is 46.8 Å². The van der Waals surface area contributed by atoms with Gasteiger partial charge in [0.2, 0.25) is 5.95 Å². The van der Waals surface area contributed by atoms with E-state index in [1.165, 1.54) is 0 Å². The molecular weight excluding hydrogens is 665 g/mol. The van der Waals surface area contributed by atoms with E-state index >= 15 is 0 Å². The van der Waals surface area contributed by atoms with Crippen LogP contribution in [0.1, 0.15) is 54.5 Å². The summed E-state index contributed by atoms with van der Waals surface area (Å²) in [6.07, 6.45) is -13.1. The van der Waals surface area contributed by atoms with Gasteiger partial charge in [-0.1, -0.05) is 0 Å². The minimum Gasteiger partial charge on any atom is -0.490 e. The Hall–Kier alpha value is -4.77. The van der Waals surface area contributed by atoms with Crippen molar-refractivity contribution in [2.75, 3.05) is 29.5 Å². The smallest absolute Gasteiger partial charge is 0.416 e. The molecule has 0 saturated carbocycles. The summed E-state index contributed by atoms with van der Waals surface area (Å²) in [5, 5.41) is 11.3. The summed E-state index contributed by atoms with van der Waals surface area (Å²) >= 11 is 0. The van der Waals surface area contributed by atoms with E-state index in [0.29, 0.717) is 12.1 Å². The number of carboxylic acid groups (broad SMARTS) is 1. The minimum atomic E-state index is -5.17. The number of urea groups is 1. The van der Waals surface area contributed by atoms with Crippen molar-refractivity contribution in [1.29, 1.82) is 0 Å². The Labute approximate surface area is 268 Å². The van der Waals surface area contributed by atoms with Crippen molar-refractivity contribution >= 4 is 23.6 Å². The first-order valence-electron chi connectivity index (χ1n) is 14.3. The number of alkyl halides is 9. The summed E-state index contributed by atoms with van der Waals surface area (Å²) in [5.74, 6) is -1.34. The lowest BCUT2D eigenvalue weighted by Gasteiger charge is -2.29. The molecule has 0 fully saturated rings. The van der Waals surface area contributed by atoms with E-state index in [1.54, 1.807) is 13.8 Å². The maximum absolute atomic E-state index is 13.8. The third-order valence-electron chi connectivity index (χ3n) is 6.67. The number of carbonyl (C=O) groups excluding carboxylic acids is 1. The molecule has 3 rings (SSSR count). The lowest BCUT2D eigenvalue weighted by molar-refractivity contribution is -0.143. The van der Waals surface area contributed by atoms with Crippen molar-refractivity contribution in [3.8, 4) is 5.75 Å². The highest BCUT2D eigenvalue weighted by atomic mass is 19.4. The molecule has 2 N–H and O–H groups in total. The van der Waals surface area contributed by atoms with E-state index in [4.69, 9.17) is 9.84 Å². The van der Waals surface area contributed by atoms with Gasteiger partial charge in [0.25, 0.3) is 0 Å². The summed E-state index contributed by atoms with van der Waals surface area (Å²) in [6, 6.07) is 2.72. The average molecular weight is 696 g/mol. The number of benzene rings is 2. The van der Waals surface area contributed by atoms with Gasteiger partial charge in [-0.15, -0.1) is 0 Å². The average Bonchev–Trinajstić information content (AvgIpc) is 2.99. The largest absolute Gasteiger partial charge is 0.490 e. The molecule has 18 heteroatoms. The Bertz CT molecular complexity index is 1530. The van der Waals surface area contributed by atoms with Gasteiger partial charge < -0.3 is 20.1 Å². The summed E-state index contributed by atoms with van der Waals surface area (Å²) < 4.78 is 129. The van der Waals surface area contributed by atoms with Crippen LogP contribution in [-0.2, 0) is 36.4 Å². The number of aromatic nitrogens is 2. The summed E-state index contributed by atoms with van der Waals surface area (Å²) in [6.45, 7) is 1.92. The quantitative estimate of drug-likeness (QED) is 0.141. The second-order valence-corrected chi connectivity index (χ2v) is 10.3. The molecule has 0 aliphatic heterocycles. The van der Waals surface area contributed by atoms with Gasteiger partial charge in [-0.25, -0.2) is 14.8 Å². The number of hydrogen-bond acceptors (Lipinski definition) is 6. The van der Waals surface area contributed by atoms with Crippen molar-refractivity contribution in [2.24, 2.45) is 0 Å². The Kier molecular flexibility index (Phi) is 12.1. The standard InChI is InChI=1S/C30H30F9N5O4/c1-3-40-27(47)44(4-2)24-8-7-20(28(31,32)33)12-19(24)17-43(26-41-14-23(15-42-26)48-9-5-6-25(45)46)16-18-10-21(29(34,35)36)13-22(11-18)30(37,38)39/h7-8,10-15H,3-6,9,16-17H2,1-2H3,(H,40,47)(H,45,46). The van der Waals surface area contributed by atoms with Crippen molar-refractivity contribution in [1.82, 2.24) is 15.3 Å². The highest BCUT2D eigenvalue weighted by Gasteiger charge is 2.37. The lowest BCUT2D eigenvalue weighted by Crippen LogP contribution is -2.40. The zero-order chi connectivity index (χ0) is 35.9. The number of nitrogens with zero attached hydrogens (tertiary/aromatic N) is 4. The first-order valence-corrected chi connectivity index (χ1v) is 14.3. The number of nitrogens with one attached hydrogen (secondary N) is 1. The highest BCUT2D eigenvalue weighted by molar-refractivity contribution is 5.92. The number of rotatable bonds is 13. The maximum Gasteiger partial charge on any atom is 0.416 e. The molecule has 2 aromatic carbocycles. The number of halogens is 9. The fraction of sp³-hybridized carbons (Fsp3) is 0.400. The summed E-state index contributed by atoms with van der Waals surface area (Å²) in [5.41, 5.74) is -5.03. The normalized spacial score (nSPS) is 12.1. The topological polar surface area (TPSA) is 108 Å². The maximum atomic E-state index is 13.8. The van der Waals surface area contributed by atoms with Crippen LogP contribution < -0.4 is 19.9 Å². The fourth-order valence-electron chi connectivity index (χ4n) is 4.52. The second-order valence-electron chi connectivity index (χ2n) is 10.3. The fourth-order valence-corrected chi connectivity index (χ4v) is 4.52. The molecule has 0 saturated heterocycles. The molecule has 48 heavy (non-hydrogen) atoms. The molecule has 9 nitrogen and oxygen atoms in total. The number of ether oxygens (including phenoxy) is 1. The molecule has 0 aliphatic rings. The number of amides is 2. The third kappa shape index (κ3) is 10.4. The predicted molar refractivity (Wildman–Crippen MR) is 154 cm³/mol. The van der Waals surface area contributed by atoms with E-state index < -0.39 is 65.9 Å². The molecule has 0 aliphatic carbocycles. The predicted octanol–water partition coefficient (Wildman–Crippen LogP) is 7.54. The second kappa shape index (κ2) is 15.4. The van der Waals surface area contributed by atoms with Crippen LogP contribution >= 0.6 is 0 Å². The minimum absolute atomic E-state index is 0.0140. The zero-order valence-corrected chi connectivity index (χ0v) is 25.4.